The van der Waals surface area contributed by atoms with Gasteiger partial charge < -0.3 is 5.73 Å². The first-order valence-corrected chi connectivity index (χ1v) is 4.48. The summed E-state index contributed by atoms with van der Waals surface area (Å²) in [5.41, 5.74) is 8.89. The van der Waals surface area contributed by atoms with Crippen LogP contribution >= 0.6 is 0 Å². The van der Waals surface area contributed by atoms with Gasteiger partial charge in [-0.05, 0) is 17.2 Å². The number of hydrogen-bond donors (Lipinski definition) is 1. The third-order valence-corrected chi connectivity index (χ3v) is 2.16. The van der Waals surface area contributed by atoms with Gasteiger partial charge in [0.05, 0.1) is 5.56 Å². The Morgan fingerprint density at radius 1 is 1.07 bits per heavy atom. The Morgan fingerprint density at radius 2 is 1.73 bits per heavy atom. The van der Waals surface area contributed by atoms with Gasteiger partial charge >= 0.3 is 0 Å². The van der Waals surface area contributed by atoms with E-state index >= 15 is 0 Å². The summed E-state index contributed by atoms with van der Waals surface area (Å²) < 4.78 is 0. The van der Waals surface area contributed by atoms with Gasteiger partial charge in [-0.3, -0.25) is 0 Å². The largest absolute Gasteiger partial charge is 0.398 e. The van der Waals surface area contributed by atoms with Crippen LogP contribution in [0, 0.1) is 37.0 Å². The van der Waals surface area contributed by atoms with E-state index in [-0.39, 0.29) is 0 Å². The molecule has 0 aromatic heterocycles. The number of hydrogen-bond acceptors (Lipinski definition) is 1. The van der Waals surface area contributed by atoms with Gasteiger partial charge in [-0.2, -0.15) is 0 Å². The third kappa shape index (κ3) is 2.14. The summed E-state index contributed by atoms with van der Waals surface area (Å²) in [6.45, 7) is 0. The highest BCUT2D eigenvalue weighted by Gasteiger charge is 2.08. The van der Waals surface area contributed by atoms with Crippen LogP contribution in [-0.2, 0) is 12.8 Å². The van der Waals surface area contributed by atoms with Crippen molar-refractivity contribution in [2.45, 2.75) is 12.8 Å². The fourth-order valence-electron chi connectivity index (χ4n) is 1.46. The molecule has 0 aliphatic heterocycles. The lowest BCUT2D eigenvalue weighted by Gasteiger charge is -2.09. The third-order valence-electron chi connectivity index (χ3n) is 2.16. The van der Waals surface area contributed by atoms with Crippen LogP contribution in [0.5, 0.6) is 0 Å². The topological polar surface area (TPSA) is 26.0 Å². The van der Waals surface area contributed by atoms with Crippen molar-refractivity contribution in [1.29, 1.82) is 0 Å². The molecule has 1 aromatic rings. The summed E-state index contributed by atoms with van der Waals surface area (Å²) in [5, 5.41) is 0. The second-order valence-electron chi connectivity index (χ2n) is 3.07. The summed E-state index contributed by atoms with van der Waals surface area (Å²) in [5.74, 6) is 7.70. The van der Waals surface area contributed by atoms with E-state index < -0.39 is 0 Å². The van der Waals surface area contributed by atoms with E-state index in [4.69, 9.17) is 25.0 Å². The molecule has 0 heterocycles. The van der Waals surface area contributed by atoms with Gasteiger partial charge in [-0.25, -0.2) is 0 Å². The zero-order chi connectivity index (χ0) is 11.3. The average molecular weight is 193 g/mol. The van der Waals surface area contributed by atoms with E-state index in [0.717, 1.165) is 11.1 Å². The predicted octanol–water partition coefficient (Wildman–Crippen LogP) is 1.60. The van der Waals surface area contributed by atoms with Crippen molar-refractivity contribution in [3.63, 3.8) is 0 Å². The molecule has 0 amide bonds. The molecule has 1 heteroatoms. The zero-order valence-electron chi connectivity index (χ0n) is 8.38. The van der Waals surface area contributed by atoms with Crippen LogP contribution in [0.25, 0.3) is 0 Å². The minimum absolute atomic E-state index is 0.460. The van der Waals surface area contributed by atoms with Crippen LogP contribution in [0.3, 0.4) is 0 Å². The Bertz CT molecular complexity index is 490. The molecule has 1 nitrogen and oxygen atoms in total. The molecule has 0 unspecified atom stereocenters. The zero-order valence-corrected chi connectivity index (χ0v) is 8.38. The molecule has 2 N–H and O–H groups in total. The SMILES string of the molecule is C#CCc1ccc(N)c(C#C)c1CC#C. The summed E-state index contributed by atoms with van der Waals surface area (Å²) in [7, 11) is 0. The maximum Gasteiger partial charge on any atom is 0.0516 e. The Hall–Kier alpha value is -2.30. The molecular weight excluding hydrogens is 182 g/mol. The molecule has 0 fully saturated rings. The maximum absolute atomic E-state index is 5.76. The summed E-state index contributed by atoms with van der Waals surface area (Å²) in [6, 6.07) is 3.64. The number of nitrogens with two attached hydrogens (primary N) is 1. The van der Waals surface area contributed by atoms with Gasteiger partial charge in [0, 0.05) is 18.5 Å². The summed E-state index contributed by atoms with van der Waals surface area (Å²) >= 11 is 0. The first-order valence-electron chi connectivity index (χ1n) is 4.48. The Kier molecular flexibility index (Phi) is 3.45. The number of rotatable bonds is 2. The van der Waals surface area contributed by atoms with Crippen molar-refractivity contribution < 1.29 is 0 Å². The number of benzene rings is 1. The van der Waals surface area contributed by atoms with Gasteiger partial charge in [0.25, 0.3) is 0 Å². The molecule has 0 saturated carbocycles. The molecule has 1 aromatic carbocycles. The van der Waals surface area contributed by atoms with Crippen molar-refractivity contribution in [3.05, 3.63) is 28.8 Å². The predicted molar refractivity (Wildman–Crippen MR) is 63.9 cm³/mol. The van der Waals surface area contributed by atoms with Crippen LogP contribution in [0.2, 0.25) is 0 Å². The van der Waals surface area contributed by atoms with Crippen LogP contribution in [-0.4, -0.2) is 0 Å². The lowest BCUT2D eigenvalue weighted by Crippen LogP contribution is -2.01. The molecule has 0 atom stereocenters. The summed E-state index contributed by atoms with van der Waals surface area (Å²) in [6.07, 6.45) is 16.9. The molecule has 1 rings (SSSR count). The van der Waals surface area contributed by atoms with Crippen molar-refractivity contribution in [2.75, 3.05) is 5.73 Å². The monoisotopic (exact) mass is 193 g/mol. The normalized spacial score (nSPS) is 8.60. The highest BCUT2D eigenvalue weighted by Crippen LogP contribution is 2.21. The molecule has 0 aliphatic rings. The van der Waals surface area contributed by atoms with Gasteiger partial charge in [0.2, 0.25) is 0 Å². The number of anilines is 1. The standard InChI is InChI=1S/C14H11N/c1-4-7-11-9-10-14(15)12(6-3)13(11)8-5-2/h1-3,9-10H,7-8,15H2. The molecule has 0 radical (unpaired) electrons. The van der Waals surface area contributed by atoms with E-state index in [1.165, 1.54) is 0 Å². The van der Waals surface area contributed by atoms with Crippen LogP contribution in [0.1, 0.15) is 16.7 Å². The quantitative estimate of drug-likeness (QED) is 0.560. The average Bonchev–Trinajstić information content (AvgIpc) is 2.23. The van der Waals surface area contributed by atoms with Gasteiger partial charge in [-0.15, -0.1) is 31.1 Å². The fraction of sp³-hybridized carbons (Fsp3) is 0.143. The molecule has 0 spiro atoms. The Labute approximate surface area is 90.7 Å². The Morgan fingerprint density at radius 3 is 2.27 bits per heavy atom. The van der Waals surface area contributed by atoms with Crippen molar-refractivity contribution >= 4 is 5.69 Å². The highest BCUT2D eigenvalue weighted by molar-refractivity contribution is 5.62. The van der Waals surface area contributed by atoms with E-state index in [2.05, 4.69) is 17.8 Å². The van der Waals surface area contributed by atoms with Crippen LogP contribution in [0.4, 0.5) is 5.69 Å². The maximum atomic E-state index is 5.76. The minimum Gasteiger partial charge on any atom is -0.398 e. The minimum atomic E-state index is 0.460. The fourth-order valence-corrected chi connectivity index (χ4v) is 1.46. The van der Waals surface area contributed by atoms with Gasteiger partial charge in [0.1, 0.15) is 0 Å². The highest BCUT2D eigenvalue weighted by atomic mass is 14.6. The molecule has 15 heavy (non-hydrogen) atoms. The van der Waals surface area contributed by atoms with Crippen LogP contribution < -0.4 is 5.73 Å². The van der Waals surface area contributed by atoms with E-state index in [1.807, 2.05) is 6.07 Å². The number of terminal acetylenes is 3. The molecule has 72 valence electrons. The van der Waals surface area contributed by atoms with Crippen LogP contribution in [0.15, 0.2) is 12.1 Å². The lowest BCUT2D eigenvalue weighted by molar-refractivity contribution is 1.18. The summed E-state index contributed by atoms with van der Waals surface area (Å²) in [4.78, 5) is 0. The van der Waals surface area contributed by atoms with Crippen molar-refractivity contribution in [3.8, 4) is 37.0 Å². The molecular formula is C14H11N. The molecule has 0 bridgehead atoms. The smallest absolute Gasteiger partial charge is 0.0516 e. The van der Waals surface area contributed by atoms with Gasteiger partial charge in [-0.1, -0.05) is 12.0 Å². The second kappa shape index (κ2) is 4.80. The van der Waals surface area contributed by atoms with E-state index in [9.17, 15) is 0 Å². The first kappa shape index (κ1) is 10.8. The lowest BCUT2D eigenvalue weighted by atomic mass is 9.95. The van der Waals surface area contributed by atoms with Crippen molar-refractivity contribution in [1.82, 2.24) is 0 Å². The van der Waals surface area contributed by atoms with E-state index in [1.54, 1.807) is 6.07 Å². The first-order chi connectivity index (χ1) is 7.24. The Balaban J connectivity index is 3.39. The molecule has 0 aliphatic carbocycles. The van der Waals surface area contributed by atoms with Crippen molar-refractivity contribution in [2.24, 2.45) is 0 Å². The van der Waals surface area contributed by atoms with E-state index in [0.29, 0.717) is 24.1 Å². The number of nitrogen functional groups attached to an aromatic ring is 1. The van der Waals surface area contributed by atoms with Gasteiger partial charge in [0.15, 0.2) is 0 Å². The second-order valence-corrected chi connectivity index (χ2v) is 3.07. The molecule has 0 saturated heterocycles.